The van der Waals surface area contributed by atoms with Crippen molar-refractivity contribution in [1.82, 2.24) is 4.90 Å². The second-order valence-electron chi connectivity index (χ2n) is 10.1. The Morgan fingerprint density at radius 1 is 1.00 bits per heavy atom. The molecule has 0 aromatic heterocycles. The van der Waals surface area contributed by atoms with Crippen LogP contribution in [0.25, 0.3) is 6.08 Å². The van der Waals surface area contributed by atoms with E-state index in [-0.39, 0.29) is 23.5 Å². The standard InChI is InChI=1S/C31H32N4O4/c1-23(36)33-19-14-26-11-12-28(21-30(26)33)34(31(37)13-10-24-8-5-9-29(20-24)35(38)39)27-15-17-32(18-16-27)22-25-6-3-2-4-7-25/h2-13,20-21,27H,14-19,22H2,1H3/b13-10+. The minimum atomic E-state index is -0.444. The lowest BCUT2D eigenvalue weighted by Crippen LogP contribution is -2.47. The van der Waals surface area contributed by atoms with Crippen molar-refractivity contribution >= 4 is 35.0 Å². The smallest absolute Gasteiger partial charge is 0.270 e. The Bertz CT molecular complexity index is 1400. The number of anilines is 2. The van der Waals surface area contributed by atoms with Crippen LogP contribution < -0.4 is 9.80 Å². The highest BCUT2D eigenvalue weighted by atomic mass is 16.6. The number of nitro benzene ring substituents is 1. The van der Waals surface area contributed by atoms with Crippen LogP contribution in [0.2, 0.25) is 0 Å². The molecule has 3 aromatic carbocycles. The molecule has 3 aromatic rings. The lowest BCUT2D eigenvalue weighted by atomic mass is 10.0. The Morgan fingerprint density at radius 3 is 2.49 bits per heavy atom. The highest BCUT2D eigenvalue weighted by molar-refractivity contribution is 6.05. The molecule has 0 bridgehead atoms. The monoisotopic (exact) mass is 524 g/mol. The van der Waals surface area contributed by atoms with E-state index < -0.39 is 4.92 Å². The number of non-ortho nitro benzene ring substituents is 1. The summed E-state index contributed by atoms with van der Waals surface area (Å²) < 4.78 is 0. The number of fused-ring (bicyclic) bond motifs is 1. The first-order valence-corrected chi connectivity index (χ1v) is 13.3. The molecule has 39 heavy (non-hydrogen) atoms. The van der Waals surface area contributed by atoms with Gasteiger partial charge in [0, 0.05) is 68.7 Å². The number of amides is 2. The summed E-state index contributed by atoms with van der Waals surface area (Å²) in [5.41, 5.74) is 4.57. The molecule has 5 rings (SSSR count). The Hall–Kier alpha value is -4.30. The Kier molecular flexibility index (Phi) is 7.84. The third-order valence-electron chi connectivity index (χ3n) is 7.53. The van der Waals surface area contributed by atoms with Gasteiger partial charge in [0.15, 0.2) is 0 Å². The number of nitro groups is 1. The Morgan fingerprint density at radius 2 is 1.77 bits per heavy atom. The van der Waals surface area contributed by atoms with Gasteiger partial charge in [-0.25, -0.2) is 0 Å². The van der Waals surface area contributed by atoms with E-state index in [1.165, 1.54) is 23.8 Å². The summed E-state index contributed by atoms with van der Waals surface area (Å²) >= 11 is 0. The molecule has 8 nitrogen and oxygen atoms in total. The molecule has 0 atom stereocenters. The van der Waals surface area contributed by atoms with Gasteiger partial charge in [-0.2, -0.15) is 0 Å². The summed E-state index contributed by atoms with van der Waals surface area (Å²) in [5.74, 6) is -0.195. The highest BCUT2D eigenvalue weighted by Crippen LogP contribution is 2.34. The Balaban J connectivity index is 1.39. The van der Waals surface area contributed by atoms with Crippen molar-refractivity contribution in [3.05, 3.63) is 106 Å². The minimum absolute atomic E-state index is 0.00971. The summed E-state index contributed by atoms with van der Waals surface area (Å²) in [6, 6.07) is 22.5. The summed E-state index contributed by atoms with van der Waals surface area (Å²) in [4.78, 5) is 42.7. The fourth-order valence-corrected chi connectivity index (χ4v) is 5.53. The van der Waals surface area contributed by atoms with E-state index in [0.717, 1.165) is 55.8 Å². The molecule has 8 heteroatoms. The number of piperidine rings is 1. The average molecular weight is 525 g/mol. The molecular formula is C31H32N4O4. The predicted molar refractivity (Wildman–Crippen MR) is 153 cm³/mol. The molecule has 1 saturated heterocycles. The molecule has 0 unspecified atom stereocenters. The molecule has 0 radical (unpaired) electrons. The first kappa shape index (κ1) is 26.3. The first-order chi connectivity index (χ1) is 18.9. The lowest BCUT2D eigenvalue weighted by molar-refractivity contribution is -0.384. The molecule has 2 amide bonds. The largest absolute Gasteiger partial charge is 0.312 e. The SMILES string of the molecule is CC(=O)N1CCc2ccc(N(C(=O)/C=C/c3cccc([N+](=O)[O-])c3)C3CCN(Cc4ccccc4)CC3)cc21. The van der Waals surface area contributed by atoms with Gasteiger partial charge < -0.3 is 9.80 Å². The van der Waals surface area contributed by atoms with E-state index in [9.17, 15) is 19.7 Å². The number of likely N-dealkylation sites (tertiary alicyclic amines) is 1. The first-order valence-electron chi connectivity index (χ1n) is 13.3. The molecule has 1 fully saturated rings. The van der Waals surface area contributed by atoms with Crippen LogP contribution in [0.1, 0.15) is 36.5 Å². The van der Waals surface area contributed by atoms with Gasteiger partial charge in [-0.15, -0.1) is 0 Å². The van der Waals surface area contributed by atoms with E-state index in [2.05, 4.69) is 17.0 Å². The van der Waals surface area contributed by atoms with E-state index in [1.807, 2.05) is 41.3 Å². The van der Waals surface area contributed by atoms with Gasteiger partial charge in [-0.3, -0.25) is 24.6 Å². The van der Waals surface area contributed by atoms with Crippen LogP contribution in [0, 0.1) is 10.1 Å². The fourth-order valence-electron chi connectivity index (χ4n) is 5.53. The van der Waals surface area contributed by atoms with Gasteiger partial charge in [-0.05, 0) is 54.2 Å². The number of benzene rings is 3. The summed E-state index contributed by atoms with van der Waals surface area (Å²) in [5, 5.41) is 11.2. The molecule has 0 saturated carbocycles. The van der Waals surface area contributed by atoms with Crippen molar-refractivity contribution in [2.24, 2.45) is 0 Å². The highest BCUT2D eigenvalue weighted by Gasteiger charge is 2.30. The molecule has 200 valence electrons. The van der Waals surface area contributed by atoms with Crippen molar-refractivity contribution in [2.45, 2.75) is 38.8 Å². The van der Waals surface area contributed by atoms with Gasteiger partial charge in [-0.1, -0.05) is 48.5 Å². The molecular weight excluding hydrogens is 492 g/mol. The molecule has 0 aliphatic carbocycles. The van der Waals surface area contributed by atoms with E-state index in [1.54, 1.807) is 30.0 Å². The number of hydrogen-bond acceptors (Lipinski definition) is 5. The zero-order valence-corrected chi connectivity index (χ0v) is 22.0. The molecule has 0 spiro atoms. The van der Waals surface area contributed by atoms with Crippen LogP contribution in [0.4, 0.5) is 17.1 Å². The quantitative estimate of drug-likeness (QED) is 0.240. The zero-order valence-electron chi connectivity index (χ0n) is 22.0. The average Bonchev–Trinajstić information content (AvgIpc) is 3.38. The van der Waals surface area contributed by atoms with Crippen molar-refractivity contribution in [2.75, 3.05) is 29.4 Å². The molecule has 2 aliphatic heterocycles. The second kappa shape index (κ2) is 11.6. The Labute approximate surface area is 228 Å². The van der Waals surface area contributed by atoms with E-state index >= 15 is 0 Å². The van der Waals surface area contributed by atoms with Crippen molar-refractivity contribution in [1.29, 1.82) is 0 Å². The number of hydrogen-bond donors (Lipinski definition) is 0. The van der Waals surface area contributed by atoms with Crippen LogP contribution in [-0.2, 0) is 22.6 Å². The normalized spacial score (nSPS) is 15.9. The number of nitrogens with zero attached hydrogens (tertiary/aromatic N) is 4. The number of carbonyl (C=O) groups is 2. The van der Waals surface area contributed by atoms with Gasteiger partial charge in [0.2, 0.25) is 5.91 Å². The predicted octanol–water partition coefficient (Wildman–Crippen LogP) is 5.21. The fraction of sp³-hybridized carbons (Fsp3) is 0.290. The van der Waals surface area contributed by atoms with Gasteiger partial charge in [0.05, 0.1) is 4.92 Å². The minimum Gasteiger partial charge on any atom is -0.312 e. The maximum Gasteiger partial charge on any atom is 0.270 e. The topological polar surface area (TPSA) is 87.0 Å². The van der Waals surface area contributed by atoms with Gasteiger partial charge >= 0.3 is 0 Å². The summed E-state index contributed by atoms with van der Waals surface area (Å²) in [7, 11) is 0. The zero-order chi connectivity index (χ0) is 27.4. The summed E-state index contributed by atoms with van der Waals surface area (Å²) in [6.07, 6.45) is 5.55. The summed E-state index contributed by atoms with van der Waals surface area (Å²) in [6.45, 7) is 4.81. The van der Waals surface area contributed by atoms with E-state index in [0.29, 0.717) is 12.1 Å². The molecule has 0 N–H and O–H groups in total. The van der Waals surface area contributed by atoms with E-state index in [4.69, 9.17) is 0 Å². The van der Waals surface area contributed by atoms with Crippen molar-refractivity contribution in [3.8, 4) is 0 Å². The maximum absolute atomic E-state index is 13.7. The van der Waals surface area contributed by atoms with Crippen LogP contribution in [0.5, 0.6) is 0 Å². The van der Waals surface area contributed by atoms with Gasteiger partial charge in [0.25, 0.3) is 11.6 Å². The van der Waals surface area contributed by atoms with Crippen LogP contribution in [0.3, 0.4) is 0 Å². The number of rotatable bonds is 7. The third kappa shape index (κ3) is 6.07. The molecule has 2 aliphatic rings. The van der Waals surface area contributed by atoms with Crippen LogP contribution in [0.15, 0.2) is 78.9 Å². The van der Waals surface area contributed by atoms with Gasteiger partial charge in [0.1, 0.15) is 0 Å². The molecule has 2 heterocycles. The lowest BCUT2D eigenvalue weighted by Gasteiger charge is -2.38. The van der Waals surface area contributed by atoms with Crippen molar-refractivity contribution < 1.29 is 14.5 Å². The van der Waals surface area contributed by atoms with Crippen molar-refractivity contribution in [3.63, 3.8) is 0 Å². The van der Waals surface area contributed by atoms with Crippen LogP contribution in [-0.4, -0.2) is 47.3 Å². The number of carbonyl (C=O) groups excluding carboxylic acids is 2. The maximum atomic E-state index is 13.7. The third-order valence-corrected chi connectivity index (χ3v) is 7.53. The second-order valence-corrected chi connectivity index (χ2v) is 10.1. The van der Waals surface area contributed by atoms with Crippen LogP contribution >= 0.6 is 0 Å².